The van der Waals surface area contributed by atoms with Gasteiger partial charge in [-0.2, -0.15) is 4.39 Å². The number of methoxy groups -OCH3 is 1. The fourth-order valence-electron chi connectivity index (χ4n) is 5.06. The van der Waals surface area contributed by atoms with Gasteiger partial charge in [-0.05, 0) is 56.2 Å². The van der Waals surface area contributed by atoms with Crippen LogP contribution in [0.4, 0.5) is 20.3 Å². The lowest BCUT2D eigenvalue weighted by Gasteiger charge is -2.14. The van der Waals surface area contributed by atoms with Crippen LogP contribution in [-0.4, -0.2) is 69.7 Å². The van der Waals surface area contributed by atoms with Crippen LogP contribution in [0.25, 0.3) is 16.9 Å². The predicted octanol–water partition coefficient (Wildman–Crippen LogP) is 3.08. The number of aliphatic hydroxyl groups is 1. The van der Waals surface area contributed by atoms with Crippen LogP contribution in [-0.2, 0) is 4.79 Å². The Kier molecular flexibility index (Phi) is 8.55. The number of nitrogens with zero attached hydrogens (tertiary/aromatic N) is 3. The second-order valence-corrected chi connectivity index (χ2v) is 10.7. The van der Waals surface area contributed by atoms with E-state index in [4.69, 9.17) is 4.74 Å². The minimum Gasteiger partial charge on any atom is -0.494 e. The maximum absolute atomic E-state index is 14.8. The molecule has 0 radical (unpaired) electrons. The number of fused-ring (bicyclic) bond motifs is 1. The molecule has 2 aromatic carbocycles. The van der Waals surface area contributed by atoms with Crippen LogP contribution >= 0.6 is 0 Å². The summed E-state index contributed by atoms with van der Waals surface area (Å²) in [5.41, 5.74) is 1.76. The van der Waals surface area contributed by atoms with Gasteiger partial charge in [0.25, 0.3) is 5.91 Å². The number of carbonyl (C=O) groups excluding carboxylic acids is 2. The molecule has 1 fully saturated rings. The highest BCUT2D eigenvalue weighted by atomic mass is 19.2. The Morgan fingerprint density at radius 1 is 1.16 bits per heavy atom. The zero-order valence-electron chi connectivity index (χ0n) is 24.0. The van der Waals surface area contributed by atoms with Crippen LogP contribution in [0.15, 0.2) is 48.9 Å². The quantitative estimate of drug-likeness (QED) is 0.177. The highest BCUT2D eigenvalue weighted by Crippen LogP contribution is 2.31. The number of aromatic nitrogens is 3. The van der Waals surface area contributed by atoms with Crippen LogP contribution in [0.5, 0.6) is 5.75 Å². The SMILES string of the molecule is COc1ccc(-c2cnc3c(Nc4ccc(C(=O)NCCCNC(=O)C5CC(C)(O)CN5)c(C)c4)nccn23)c(F)c1F. The molecule has 11 nitrogen and oxygen atoms in total. The molecule has 3 heterocycles. The molecule has 1 aliphatic rings. The van der Waals surface area contributed by atoms with Crippen LogP contribution in [0.2, 0.25) is 0 Å². The number of ether oxygens (including phenoxy) is 1. The fourth-order valence-corrected chi connectivity index (χ4v) is 5.06. The minimum absolute atomic E-state index is 0.0246. The summed E-state index contributed by atoms with van der Waals surface area (Å²) in [5.74, 6) is -2.33. The van der Waals surface area contributed by atoms with Crippen molar-refractivity contribution in [3.63, 3.8) is 0 Å². The third-order valence-corrected chi connectivity index (χ3v) is 7.33. The number of anilines is 2. The average Bonchev–Trinajstić information content (AvgIpc) is 3.57. The molecule has 13 heteroatoms. The van der Waals surface area contributed by atoms with Gasteiger partial charge in [0, 0.05) is 55.3 Å². The van der Waals surface area contributed by atoms with Crippen LogP contribution < -0.4 is 26.0 Å². The van der Waals surface area contributed by atoms with E-state index in [1.165, 1.54) is 31.6 Å². The summed E-state index contributed by atoms with van der Waals surface area (Å²) in [4.78, 5) is 33.7. The molecular weight excluding hydrogens is 560 g/mol. The molecule has 0 spiro atoms. The Morgan fingerprint density at radius 3 is 2.67 bits per heavy atom. The summed E-state index contributed by atoms with van der Waals surface area (Å²) in [5, 5.41) is 21.9. The molecule has 43 heavy (non-hydrogen) atoms. The van der Waals surface area contributed by atoms with Crippen molar-refractivity contribution in [3.05, 3.63) is 71.7 Å². The molecule has 2 amide bonds. The van der Waals surface area contributed by atoms with Crippen molar-refractivity contribution >= 4 is 29.0 Å². The molecule has 1 saturated heterocycles. The Morgan fingerprint density at radius 2 is 1.95 bits per heavy atom. The van der Waals surface area contributed by atoms with E-state index >= 15 is 0 Å². The molecular formula is C30H33F2N7O4. The standard InChI is InChI=1S/C30H33F2N7O4/c1-17-13-18(5-6-19(17)28(40)34-9-4-10-35-29(41)21-14-30(2,42)16-37-21)38-26-27-36-15-22(39(27)12-11-33-26)20-7-8-23(43-3)25(32)24(20)31/h5-8,11-13,15,21,37,42H,4,9-10,14,16H2,1-3H3,(H,33,38)(H,34,40)(H,35,41). The highest BCUT2D eigenvalue weighted by Gasteiger charge is 2.36. The molecule has 1 aliphatic heterocycles. The number of halogens is 2. The van der Waals surface area contributed by atoms with Gasteiger partial charge in [0.05, 0.1) is 30.6 Å². The van der Waals surface area contributed by atoms with Crippen molar-refractivity contribution in [2.24, 2.45) is 0 Å². The van der Waals surface area contributed by atoms with E-state index in [9.17, 15) is 23.5 Å². The van der Waals surface area contributed by atoms with Crippen molar-refractivity contribution in [1.82, 2.24) is 30.3 Å². The topological polar surface area (TPSA) is 142 Å². The van der Waals surface area contributed by atoms with Gasteiger partial charge in [0.2, 0.25) is 11.7 Å². The number of imidazole rings is 1. The van der Waals surface area contributed by atoms with Gasteiger partial charge in [-0.15, -0.1) is 0 Å². The van der Waals surface area contributed by atoms with E-state index in [0.29, 0.717) is 60.9 Å². The molecule has 0 bridgehead atoms. The molecule has 5 N–H and O–H groups in total. The predicted molar refractivity (Wildman–Crippen MR) is 156 cm³/mol. The van der Waals surface area contributed by atoms with E-state index in [-0.39, 0.29) is 23.1 Å². The van der Waals surface area contributed by atoms with Crippen molar-refractivity contribution in [2.75, 3.05) is 32.1 Å². The van der Waals surface area contributed by atoms with Crippen molar-refractivity contribution in [1.29, 1.82) is 0 Å². The number of carbonyl (C=O) groups is 2. The second kappa shape index (κ2) is 12.3. The molecule has 5 rings (SSSR count). The third-order valence-electron chi connectivity index (χ3n) is 7.33. The number of hydrogen-bond acceptors (Lipinski definition) is 8. The summed E-state index contributed by atoms with van der Waals surface area (Å²) < 4.78 is 35.6. The number of rotatable bonds is 10. The van der Waals surface area contributed by atoms with E-state index in [0.717, 1.165) is 5.56 Å². The lowest BCUT2D eigenvalue weighted by Crippen LogP contribution is -2.41. The van der Waals surface area contributed by atoms with Gasteiger partial charge in [0.1, 0.15) is 0 Å². The Labute approximate surface area is 246 Å². The first-order valence-corrected chi connectivity index (χ1v) is 13.8. The molecule has 4 aromatic rings. The van der Waals surface area contributed by atoms with Crippen molar-refractivity contribution in [2.45, 2.75) is 38.3 Å². The zero-order chi connectivity index (χ0) is 30.7. The molecule has 2 unspecified atom stereocenters. The van der Waals surface area contributed by atoms with Gasteiger partial charge in [-0.25, -0.2) is 14.4 Å². The highest BCUT2D eigenvalue weighted by molar-refractivity contribution is 5.96. The van der Waals surface area contributed by atoms with E-state index < -0.39 is 23.3 Å². The number of nitrogens with one attached hydrogen (secondary N) is 4. The summed E-state index contributed by atoms with van der Waals surface area (Å²) >= 11 is 0. The molecule has 2 atom stereocenters. The largest absolute Gasteiger partial charge is 0.494 e. The number of benzene rings is 2. The molecule has 0 saturated carbocycles. The van der Waals surface area contributed by atoms with Crippen LogP contribution in [0, 0.1) is 18.6 Å². The van der Waals surface area contributed by atoms with Gasteiger partial charge in [-0.1, -0.05) is 0 Å². The number of aryl methyl sites for hydroxylation is 1. The summed E-state index contributed by atoms with van der Waals surface area (Å²) in [6.07, 6.45) is 5.47. The summed E-state index contributed by atoms with van der Waals surface area (Å²) in [6, 6.07) is 7.59. The minimum atomic E-state index is -1.08. The van der Waals surface area contributed by atoms with Crippen LogP contribution in [0.3, 0.4) is 0 Å². The van der Waals surface area contributed by atoms with Gasteiger partial charge in [-0.3, -0.25) is 14.0 Å². The third kappa shape index (κ3) is 6.42. The Bertz CT molecular complexity index is 1670. The number of β-amino-alcohol motifs (C(OH)–C–C–N with tert-alkyl or cyclic N) is 1. The Hall–Kier alpha value is -4.62. The average molecular weight is 594 g/mol. The maximum atomic E-state index is 14.8. The summed E-state index contributed by atoms with van der Waals surface area (Å²) in [6.45, 7) is 4.65. The number of hydrogen-bond donors (Lipinski definition) is 5. The van der Waals surface area contributed by atoms with Crippen LogP contribution in [0.1, 0.15) is 35.7 Å². The molecule has 226 valence electrons. The first kappa shape index (κ1) is 29.9. The lowest BCUT2D eigenvalue weighted by atomic mass is 10.0. The van der Waals surface area contributed by atoms with Crippen molar-refractivity contribution in [3.8, 4) is 17.0 Å². The second-order valence-electron chi connectivity index (χ2n) is 10.7. The normalized spacial score (nSPS) is 18.0. The fraction of sp³-hybridized carbons (Fsp3) is 0.333. The molecule has 0 aliphatic carbocycles. The molecule has 2 aromatic heterocycles. The van der Waals surface area contributed by atoms with Crippen molar-refractivity contribution < 1.29 is 28.2 Å². The number of amides is 2. The maximum Gasteiger partial charge on any atom is 0.251 e. The van der Waals surface area contributed by atoms with E-state index in [2.05, 4.69) is 31.2 Å². The van der Waals surface area contributed by atoms with E-state index in [1.807, 2.05) is 6.92 Å². The van der Waals surface area contributed by atoms with Gasteiger partial charge >= 0.3 is 0 Å². The van der Waals surface area contributed by atoms with Gasteiger partial charge < -0.3 is 31.1 Å². The summed E-state index contributed by atoms with van der Waals surface area (Å²) in [7, 11) is 1.27. The lowest BCUT2D eigenvalue weighted by molar-refractivity contribution is -0.123. The van der Waals surface area contributed by atoms with E-state index in [1.54, 1.807) is 35.7 Å². The Balaban J connectivity index is 1.19. The smallest absolute Gasteiger partial charge is 0.251 e. The first-order valence-electron chi connectivity index (χ1n) is 13.8. The first-order chi connectivity index (χ1) is 20.6. The monoisotopic (exact) mass is 593 g/mol. The zero-order valence-corrected chi connectivity index (χ0v) is 24.0. The van der Waals surface area contributed by atoms with Gasteiger partial charge in [0.15, 0.2) is 23.0 Å².